The first-order valence-corrected chi connectivity index (χ1v) is 9.67. The zero-order valence-corrected chi connectivity index (χ0v) is 16.9. The number of piperidine rings is 1. The molecule has 0 bridgehead atoms. The van der Waals surface area contributed by atoms with Crippen LogP contribution in [0, 0.1) is 11.8 Å². The number of carbonyl (C=O) groups excluding carboxylic acids is 1. The van der Waals surface area contributed by atoms with Crippen molar-refractivity contribution in [3.8, 4) is 11.5 Å². The van der Waals surface area contributed by atoms with Crippen LogP contribution in [0.2, 0.25) is 0 Å². The molecule has 1 saturated heterocycles. The van der Waals surface area contributed by atoms with E-state index >= 15 is 0 Å². The lowest BCUT2D eigenvalue weighted by Gasteiger charge is -2.33. The Bertz CT molecular complexity index is 589. The van der Waals surface area contributed by atoms with Crippen LogP contribution in [0.4, 0.5) is 0 Å². The second-order valence-corrected chi connectivity index (χ2v) is 7.69. The summed E-state index contributed by atoms with van der Waals surface area (Å²) in [6.45, 7) is 8.98. The maximum absolute atomic E-state index is 13.1. The fourth-order valence-corrected chi connectivity index (χ4v) is 3.65. The van der Waals surface area contributed by atoms with Crippen LogP contribution in [-0.4, -0.2) is 50.7 Å². The molecule has 5 nitrogen and oxygen atoms in total. The maximum Gasteiger partial charge on any atom is 0.225 e. The fourth-order valence-electron chi connectivity index (χ4n) is 3.65. The number of ether oxygens (including phenoxy) is 2. The third-order valence-electron chi connectivity index (χ3n) is 4.99. The van der Waals surface area contributed by atoms with Crippen LogP contribution in [0.1, 0.15) is 39.2 Å². The summed E-state index contributed by atoms with van der Waals surface area (Å²) in [5, 5.41) is 3.43. The summed E-state index contributed by atoms with van der Waals surface area (Å²) in [5.74, 6) is 2.39. The predicted octanol–water partition coefficient (Wildman–Crippen LogP) is 3.12. The highest BCUT2D eigenvalue weighted by Crippen LogP contribution is 2.28. The van der Waals surface area contributed by atoms with Gasteiger partial charge in [0.25, 0.3) is 0 Å². The highest BCUT2D eigenvalue weighted by atomic mass is 16.5. The quantitative estimate of drug-likeness (QED) is 0.772. The van der Waals surface area contributed by atoms with Crippen molar-refractivity contribution in [3.63, 3.8) is 0 Å². The SMILES string of the molecule is COc1ccc(CCN(CC(C)C)C(=O)[C@H]2CCN[C@@H](C)C2)cc1OC. The summed E-state index contributed by atoms with van der Waals surface area (Å²) >= 11 is 0. The monoisotopic (exact) mass is 362 g/mol. The fraction of sp³-hybridized carbons (Fsp3) is 0.667. The molecule has 146 valence electrons. The molecule has 26 heavy (non-hydrogen) atoms. The number of rotatable bonds is 8. The average Bonchev–Trinajstić information content (AvgIpc) is 2.63. The zero-order chi connectivity index (χ0) is 19.1. The Kier molecular flexibility index (Phi) is 7.76. The van der Waals surface area contributed by atoms with Crippen LogP contribution in [0.3, 0.4) is 0 Å². The molecule has 1 amide bonds. The molecule has 0 aliphatic carbocycles. The van der Waals surface area contributed by atoms with Gasteiger partial charge >= 0.3 is 0 Å². The van der Waals surface area contributed by atoms with Crippen LogP contribution < -0.4 is 14.8 Å². The summed E-state index contributed by atoms with van der Waals surface area (Å²) in [5.41, 5.74) is 1.16. The van der Waals surface area contributed by atoms with E-state index in [0.29, 0.717) is 17.9 Å². The van der Waals surface area contributed by atoms with E-state index in [9.17, 15) is 4.79 Å². The number of methoxy groups -OCH3 is 2. The van der Waals surface area contributed by atoms with Crippen LogP contribution in [0.15, 0.2) is 18.2 Å². The molecule has 1 N–H and O–H groups in total. The van der Waals surface area contributed by atoms with Crippen LogP contribution in [0.25, 0.3) is 0 Å². The van der Waals surface area contributed by atoms with Crippen molar-refractivity contribution in [2.24, 2.45) is 11.8 Å². The van der Waals surface area contributed by atoms with Gasteiger partial charge in [0, 0.05) is 25.0 Å². The molecule has 1 aromatic carbocycles. The second kappa shape index (κ2) is 9.81. The Morgan fingerprint density at radius 2 is 2.00 bits per heavy atom. The maximum atomic E-state index is 13.1. The first kappa shape index (κ1) is 20.6. The molecule has 1 fully saturated rings. The molecular weight excluding hydrogens is 328 g/mol. The lowest BCUT2D eigenvalue weighted by atomic mass is 9.91. The molecular formula is C21H34N2O3. The summed E-state index contributed by atoms with van der Waals surface area (Å²) in [7, 11) is 3.29. The number of nitrogens with one attached hydrogen (secondary N) is 1. The number of hydrogen-bond donors (Lipinski definition) is 1. The van der Waals surface area contributed by atoms with Gasteiger partial charge in [-0.3, -0.25) is 4.79 Å². The highest BCUT2D eigenvalue weighted by molar-refractivity contribution is 5.79. The minimum atomic E-state index is 0.149. The molecule has 0 unspecified atom stereocenters. The summed E-state index contributed by atoms with van der Waals surface area (Å²) in [4.78, 5) is 15.1. The van der Waals surface area contributed by atoms with Gasteiger partial charge in [-0.05, 0) is 56.3 Å². The van der Waals surface area contributed by atoms with Gasteiger partial charge in [-0.2, -0.15) is 0 Å². The standard InChI is InChI=1S/C21H34N2O3/c1-15(2)14-23(21(24)18-8-10-22-16(3)12-18)11-9-17-6-7-19(25-4)20(13-17)26-5/h6-7,13,15-16,18,22H,8-12,14H2,1-5H3/t16-,18-/m0/s1. The first-order valence-electron chi connectivity index (χ1n) is 9.67. The van der Waals surface area contributed by atoms with Crippen molar-refractivity contribution < 1.29 is 14.3 Å². The summed E-state index contributed by atoms with van der Waals surface area (Å²) in [6.07, 6.45) is 2.69. The van der Waals surface area contributed by atoms with E-state index in [2.05, 4.69) is 31.0 Å². The number of benzene rings is 1. The van der Waals surface area contributed by atoms with Gasteiger partial charge in [0.1, 0.15) is 0 Å². The molecule has 1 aliphatic heterocycles. The molecule has 1 aromatic rings. The molecule has 5 heteroatoms. The molecule has 0 radical (unpaired) electrons. The van der Waals surface area contributed by atoms with Gasteiger partial charge in [-0.15, -0.1) is 0 Å². The Balaban J connectivity index is 2.04. The Labute approximate surface area is 158 Å². The minimum absolute atomic E-state index is 0.149. The normalized spacial score (nSPS) is 20.1. The lowest BCUT2D eigenvalue weighted by molar-refractivity contribution is -0.137. The van der Waals surface area contributed by atoms with Crippen molar-refractivity contribution in [1.82, 2.24) is 10.2 Å². The predicted molar refractivity (Wildman–Crippen MR) is 105 cm³/mol. The van der Waals surface area contributed by atoms with Gasteiger partial charge < -0.3 is 19.7 Å². The van der Waals surface area contributed by atoms with Crippen molar-refractivity contribution >= 4 is 5.91 Å². The molecule has 1 heterocycles. The van der Waals surface area contributed by atoms with E-state index in [0.717, 1.165) is 56.0 Å². The van der Waals surface area contributed by atoms with Crippen LogP contribution >= 0.6 is 0 Å². The topological polar surface area (TPSA) is 50.8 Å². The lowest BCUT2D eigenvalue weighted by Crippen LogP contribution is -2.45. The van der Waals surface area contributed by atoms with E-state index in [-0.39, 0.29) is 5.92 Å². The van der Waals surface area contributed by atoms with E-state index in [1.807, 2.05) is 18.2 Å². The summed E-state index contributed by atoms with van der Waals surface area (Å²) in [6, 6.07) is 6.40. The molecule has 0 aromatic heterocycles. The molecule has 2 rings (SSSR count). The van der Waals surface area contributed by atoms with E-state index in [4.69, 9.17) is 9.47 Å². The Morgan fingerprint density at radius 1 is 1.27 bits per heavy atom. The van der Waals surface area contributed by atoms with Gasteiger partial charge in [0.15, 0.2) is 11.5 Å². The van der Waals surface area contributed by atoms with Crippen LogP contribution in [0.5, 0.6) is 11.5 Å². The number of hydrogen-bond acceptors (Lipinski definition) is 4. The van der Waals surface area contributed by atoms with Crippen LogP contribution in [-0.2, 0) is 11.2 Å². The van der Waals surface area contributed by atoms with Gasteiger partial charge in [-0.1, -0.05) is 19.9 Å². The number of amides is 1. The van der Waals surface area contributed by atoms with Crippen molar-refractivity contribution in [3.05, 3.63) is 23.8 Å². The van der Waals surface area contributed by atoms with Crippen molar-refractivity contribution in [1.29, 1.82) is 0 Å². The third kappa shape index (κ3) is 5.63. The molecule has 1 aliphatic rings. The largest absolute Gasteiger partial charge is 0.493 e. The molecule has 0 saturated carbocycles. The number of nitrogens with zero attached hydrogens (tertiary/aromatic N) is 1. The van der Waals surface area contributed by atoms with Crippen molar-refractivity contribution in [2.45, 2.75) is 46.1 Å². The minimum Gasteiger partial charge on any atom is -0.493 e. The van der Waals surface area contributed by atoms with E-state index in [1.54, 1.807) is 14.2 Å². The van der Waals surface area contributed by atoms with E-state index < -0.39 is 0 Å². The van der Waals surface area contributed by atoms with E-state index in [1.165, 1.54) is 0 Å². The third-order valence-corrected chi connectivity index (χ3v) is 4.99. The zero-order valence-electron chi connectivity index (χ0n) is 16.9. The molecule has 0 spiro atoms. The Hall–Kier alpha value is -1.75. The average molecular weight is 363 g/mol. The highest BCUT2D eigenvalue weighted by Gasteiger charge is 2.28. The van der Waals surface area contributed by atoms with Crippen molar-refractivity contribution in [2.75, 3.05) is 33.9 Å². The first-order chi connectivity index (χ1) is 12.4. The second-order valence-electron chi connectivity index (χ2n) is 7.69. The number of carbonyl (C=O) groups is 1. The van der Waals surface area contributed by atoms with Gasteiger partial charge in [0.05, 0.1) is 14.2 Å². The van der Waals surface area contributed by atoms with Gasteiger partial charge in [-0.25, -0.2) is 0 Å². The van der Waals surface area contributed by atoms with Gasteiger partial charge in [0.2, 0.25) is 5.91 Å². The smallest absolute Gasteiger partial charge is 0.225 e. The summed E-state index contributed by atoms with van der Waals surface area (Å²) < 4.78 is 10.7. The Morgan fingerprint density at radius 3 is 2.62 bits per heavy atom. The molecule has 2 atom stereocenters.